The second-order valence-electron chi connectivity index (χ2n) is 3.42. The Kier molecular flexibility index (Phi) is 3.40. The molecule has 0 amide bonds. The van der Waals surface area contributed by atoms with Crippen molar-refractivity contribution >= 4 is 0 Å². The average molecular weight is 179 g/mol. The molecule has 1 aliphatic rings. The minimum absolute atomic E-state index is 0.198. The maximum absolute atomic E-state index is 12.1. The number of ether oxygens (including phenoxy) is 1. The van der Waals surface area contributed by atoms with Gasteiger partial charge in [-0.2, -0.15) is 0 Å². The highest BCUT2D eigenvalue weighted by atomic mass is 19.3. The summed E-state index contributed by atoms with van der Waals surface area (Å²) in [5.74, 6) is 0. The fourth-order valence-electron chi connectivity index (χ4n) is 1.54. The SMILES string of the molecule is NC1(CC(F)F)CCCOCC1. The Bertz CT molecular complexity index is 133. The summed E-state index contributed by atoms with van der Waals surface area (Å²) in [6, 6.07) is 0. The van der Waals surface area contributed by atoms with Crippen LogP contribution in [0.1, 0.15) is 25.7 Å². The van der Waals surface area contributed by atoms with E-state index in [4.69, 9.17) is 10.5 Å². The summed E-state index contributed by atoms with van der Waals surface area (Å²) >= 11 is 0. The van der Waals surface area contributed by atoms with Crippen LogP contribution in [0.3, 0.4) is 0 Å². The highest BCUT2D eigenvalue weighted by Crippen LogP contribution is 2.24. The zero-order chi connectivity index (χ0) is 9.03. The van der Waals surface area contributed by atoms with Crippen LogP contribution in [0.2, 0.25) is 0 Å². The molecule has 0 saturated carbocycles. The third-order valence-corrected chi connectivity index (χ3v) is 2.27. The second-order valence-corrected chi connectivity index (χ2v) is 3.42. The van der Waals surface area contributed by atoms with Gasteiger partial charge >= 0.3 is 0 Å². The van der Waals surface area contributed by atoms with Crippen molar-refractivity contribution in [3.63, 3.8) is 0 Å². The van der Waals surface area contributed by atoms with Gasteiger partial charge < -0.3 is 10.5 Å². The van der Waals surface area contributed by atoms with E-state index in [-0.39, 0.29) is 6.42 Å². The largest absolute Gasteiger partial charge is 0.381 e. The molecule has 1 unspecified atom stereocenters. The van der Waals surface area contributed by atoms with Crippen molar-refractivity contribution in [2.45, 2.75) is 37.6 Å². The highest BCUT2D eigenvalue weighted by molar-refractivity contribution is 4.85. The second kappa shape index (κ2) is 4.14. The van der Waals surface area contributed by atoms with Crippen LogP contribution in [-0.2, 0) is 4.74 Å². The van der Waals surface area contributed by atoms with Crippen molar-refractivity contribution in [3.8, 4) is 0 Å². The highest BCUT2D eigenvalue weighted by Gasteiger charge is 2.29. The first-order valence-corrected chi connectivity index (χ1v) is 4.27. The zero-order valence-corrected chi connectivity index (χ0v) is 7.06. The van der Waals surface area contributed by atoms with E-state index in [1.807, 2.05) is 0 Å². The van der Waals surface area contributed by atoms with E-state index in [0.29, 0.717) is 26.1 Å². The maximum Gasteiger partial charge on any atom is 0.240 e. The lowest BCUT2D eigenvalue weighted by molar-refractivity contribution is 0.0925. The first kappa shape index (κ1) is 9.86. The molecule has 0 aromatic rings. The molecule has 0 bridgehead atoms. The standard InChI is InChI=1S/C8H15F2NO/c9-7(10)6-8(11)2-1-4-12-5-3-8/h7H,1-6,11H2. The van der Waals surface area contributed by atoms with Crippen LogP contribution in [0.25, 0.3) is 0 Å². The van der Waals surface area contributed by atoms with Gasteiger partial charge in [-0.1, -0.05) is 0 Å². The Morgan fingerprint density at radius 1 is 1.33 bits per heavy atom. The van der Waals surface area contributed by atoms with Crippen molar-refractivity contribution in [1.29, 1.82) is 0 Å². The summed E-state index contributed by atoms with van der Waals surface area (Å²) in [6.45, 7) is 1.17. The number of nitrogens with two attached hydrogens (primary N) is 1. The third kappa shape index (κ3) is 3.03. The molecule has 2 nitrogen and oxygen atoms in total. The fraction of sp³-hybridized carbons (Fsp3) is 1.00. The molecular formula is C8H15F2NO. The van der Waals surface area contributed by atoms with Crippen molar-refractivity contribution in [1.82, 2.24) is 0 Å². The van der Waals surface area contributed by atoms with E-state index in [0.717, 1.165) is 6.42 Å². The summed E-state index contributed by atoms with van der Waals surface area (Å²) < 4.78 is 29.3. The topological polar surface area (TPSA) is 35.2 Å². The third-order valence-electron chi connectivity index (χ3n) is 2.27. The molecule has 0 aromatic heterocycles. The van der Waals surface area contributed by atoms with E-state index in [1.54, 1.807) is 0 Å². The van der Waals surface area contributed by atoms with Crippen LogP contribution in [0, 0.1) is 0 Å². The molecule has 0 aliphatic carbocycles. The Morgan fingerprint density at radius 3 is 2.75 bits per heavy atom. The van der Waals surface area contributed by atoms with Gasteiger partial charge in [0.15, 0.2) is 0 Å². The quantitative estimate of drug-likeness (QED) is 0.697. The molecule has 1 aliphatic heterocycles. The van der Waals surface area contributed by atoms with Crippen LogP contribution in [0.4, 0.5) is 8.78 Å². The van der Waals surface area contributed by atoms with E-state index in [9.17, 15) is 8.78 Å². The summed E-state index contributed by atoms with van der Waals surface area (Å²) in [5, 5.41) is 0. The maximum atomic E-state index is 12.1. The number of alkyl halides is 2. The van der Waals surface area contributed by atoms with Gasteiger partial charge in [0.05, 0.1) is 0 Å². The van der Waals surface area contributed by atoms with E-state index >= 15 is 0 Å². The molecule has 0 radical (unpaired) electrons. The molecule has 1 atom stereocenters. The van der Waals surface area contributed by atoms with Crippen LogP contribution in [0.5, 0.6) is 0 Å². The predicted octanol–water partition coefficient (Wildman–Crippen LogP) is 1.54. The van der Waals surface area contributed by atoms with Gasteiger partial charge in [0.2, 0.25) is 6.43 Å². The Balaban J connectivity index is 2.42. The minimum Gasteiger partial charge on any atom is -0.381 e. The molecule has 72 valence electrons. The zero-order valence-electron chi connectivity index (χ0n) is 7.06. The normalized spacial score (nSPS) is 32.0. The Morgan fingerprint density at radius 2 is 2.08 bits per heavy atom. The van der Waals surface area contributed by atoms with Crippen molar-refractivity contribution in [2.75, 3.05) is 13.2 Å². The van der Waals surface area contributed by atoms with Crippen molar-refractivity contribution < 1.29 is 13.5 Å². The molecule has 1 saturated heterocycles. The first-order chi connectivity index (χ1) is 5.62. The molecular weight excluding hydrogens is 164 g/mol. The lowest BCUT2D eigenvalue weighted by Crippen LogP contribution is -2.41. The minimum atomic E-state index is -2.30. The van der Waals surface area contributed by atoms with Crippen molar-refractivity contribution in [2.24, 2.45) is 5.73 Å². The monoisotopic (exact) mass is 179 g/mol. The molecule has 1 heterocycles. The van der Waals surface area contributed by atoms with E-state index < -0.39 is 12.0 Å². The van der Waals surface area contributed by atoms with Gasteiger partial charge in [-0.25, -0.2) is 8.78 Å². The summed E-state index contributed by atoms with van der Waals surface area (Å²) in [4.78, 5) is 0. The van der Waals surface area contributed by atoms with E-state index in [2.05, 4.69) is 0 Å². The van der Waals surface area contributed by atoms with Gasteiger partial charge in [-0.15, -0.1) is 0 Å². The van der Waals surface area contributed by atoms with Gasteiger partial charge in [0.25, 0.3) is 0 Å². The van der Waals surface area contributed by atoms with Crippen molar-refractivity contribution in [3.05, 3.63) is 0 Å². The van der Waals surface area contributed by atoms with Gasteiger partial charge in [0, 0.05) is 25.2 Å². The van der Waals surface area contributed by atoms with Crippen LogP contribution >= 0.6 is 0 Å². The lowest BCUT2D eigenvalue weighted by atomic mass is 9.88. The van der Waals surface area contributed by atoms with Gasteiger partial charge in [0.1, 0.15) is 0 Å². The summed E-state index contributed by atoms with van der Waals surface area (Å²) in [5.41, 5.74) is 5.11. The predicted molar refractivity (Wildman–Crippen MR) is 42.2 cm³/mol. The number of hydrogen-bond donors (Lipinski definition) is 1. The molecule has 4 heteroatoms. The van der Waals surface area contributed by atoms with Crippen LogP contribution in [0.15, 0.2) is 0 Å². The number of hydrogen-bond acceptors (Lipinski definition) is 2. The lowest BCUT2D eigenvalue weighted by Gasteiger charge is -2.26. The molecule has 1 rings (SSSR count). The Labute approximate surface area is 71.1 Å². The molecule has 0 aromatic carbocycles. The Hall–Kier alpha value is -0.220. The van der Waals surface area contributed by atoms with Crippen LogP contribution < -0.4 is 5.73 Å². The number of rotatable bonds is 2. The molecule has 0 spiro atoms. The molecule has 2 N–H and O–H groups in total. The van der Waals surface area contributed by atoms with Gasteiger partial charge in [-0.3, -0.25) is 0 Å². The average Bonchev–Trinajstić information content (AvgIpc) is 2.12. The van der Waals surface area contributed by atoms with Gasteiger partial charge in [-0.05, 0) is 19.3 Å². The molecule has 12 heavy (non-hydrogen) atoms. The molecule has 1 fully saturated rings. The summed E-state index contributed by atoms with van der Waals surface area (Å²) in [6.07, 6.45) is -0.498. The fourth-order valence-corrected chi connectivity index (χ4v) is 1.54. The first-order valence-electron chi connectivity index (χ1n) is 4.27. The van der Waals surface area contributed by atoms with E-state index in [1.165, 1.54) is 0 Å². The number of halogens is 2. The van der Waals surface area contributed by atoms with Crippen LogP contribution in [-0.4, -0.2) is 25.2 Å². The summed E-state index contributed by atoms with van der Waals surface area (Å²) in [7, 11) is 0. The smallest absolute Gasteiger partial charge is 0.240 e.